The summed E-state index contributed by atoms with van der Waals surface area (Å²) >= 11 is 0. The van der Waals surface area contributed by atoms with Crippen molar-refractivity contribution in [2.24, 2.45) is 11.3 Å². The van der Waals surface area contributed by atoms with Crippen molar-refractivity contribution >= 4 is 0 Å². The van der Waals surface area contributed by atoms with Crippen LogP contribution in [0.3, 0.4) is 0 Å². The molecule has 128 valence electrons. The van der Waals surface area contributed by atoms with Crippen LogP contribution in [-0.2, 0) is 11.8 Å². The van der Waals surface area contributed by atoms with E-state index < -0.39 is 5.41 Å². The number of fused-ring (bicyclic) bond motifs is 3. The van der Waals surface area contributed by atoms with Crippen LogP contribution < -0.4 is 0 Å². The maximum absolute atomic E-state index is 10.6. The number of hydrogen-bond donors (Lipinski definition) is 2. The van der Waals surface area contributed by atoms with Gasteiger partial charge in [0.2, 0.25) is 0 Å². The van der Waals surface area contributed by atoms with Gasteiger partial charge in [-0.2, -0.15) is 10.4 Å². The number of aromatic amines is 1. The van der Waals surface area contributed by atoms with Crippen molar-refractivity contribution in [1.29, 1.82) is 5.26 Å². The Morgan fingerprint density at radius 3 is 2.64 bits per heavy atom. The first-order chi connectivity index (χ1) is 11.9. The highest BCUT2D eigenvalue weighted by Crippen LogP contribution is 2.58. The first-order valence-electron chi connectivity index (χ1n) is 8.85. The minimum atomic E-state index is -0.409. The highest BCUT2D eigenvalue weighted by atomic mass is 16.3. The fraction of sp³-hybridized carbons (Fsp3) is 0.429. The zero-order valence-electron chi connectivity index (χ0n) is 14.9. The molecule has 0 amide bonds. The third-order valence-corrected chi connectivity index (χ3v) is 6.38. The number of H-pyrrole nitrogens is 1. The van der Waals surface area contributed by atoms with Gasteiger partial charge in [0.05, 0.1) is 17.3 Å². The van der Waals surface area contributed by atoms with Gasteiger partial charge in [0.1, 0.15) is 5.76 Å². The fourth-order valence-corrected chi connectivity index (χ4v) is 5.16. The molecule has 0 aliphatic heterocycles. The van der Waals surface area contributed by atoms with Crippen LogP contribution in [0.4, 0.5) is 0 Å². The third kappa shape index (κ3) is 2.08. The molecule has 2 aliphatic carbocycles. The molecule has 2 aromatic rings. The molecule has 0 unspecified atom stereocenters. The SMILES string of the molecule is CC1(C)C(O)=C(C#N)C[C@]2(C)c3[nH]nc(-c4ccccc4)c3CC[C@@H]12. The van der Waals surface area contributed by atoms with Crippen LogP contribution in [0.1, 0.15) is 44.9 Å². The van der Waals surface area contributed by atoms with Gasteiger partial charge in [-0.15, -0.1) is 0 Å². The zero-order chi connectivity index (χ0) is 17.8. The second-order valence-corrected chi connectivity index (χ2v) is 8.14. The van der Waals surface area contributed by atoms with Gasteiger partial charge < -0.3 is 5.11 Å². The largest absolute Gasteiger partial charge is 0.511 e. The molecule has 25 heavy (non-hydrogen) atoms. The van der Waals surface area contributed by atoms with Crippen molar-refractivity contribution < 1.29 is 5.11 Å². The molecule has 2 atom stereocenters. The van der Waals surface area contributed by atoms with Gasteiger partial charge in [-0.3, -0.25) is 5.10 Å². The lowest BCUT2D eigenvalue weighted by atomic mass is 9.52. The minimum Gasteiger partial charge on any atom is -0.511 e. The Bertz CT molecular complexity index is 901. The van der Waals surface area contributed by atoms with E-state index in [4.69, 9.17) is 0 Å². The molecule has 0 fully saturated rings. The van der Waals surface area contributed by atoms with Crippen LogP contribution >= 0.6 is 0 Å². The van der Waals surface area contributed by atoms with Gasteiger partial charge in [0.15, 0.2) is 0 Å². The smallest absolute Gasteiger partial charge is 0.112 e. The molecule has 1 heterocycles. The van der Waals surface area contributed by atoms with E-state index >= 15 is 0 Å². The summed E-state index contributed by atoms with van der Waals surface area (Å²) in [6.45, 7) is 6.33. The standard InChI is InChI=1S/C21H23N3O/c1-20(2)16-10-9-15-17(13-7-5-4-6-8-13)23-24-18(15)21(16,3)11-14(12-22)19(20)25/h4-8,16,25H,9-11H2,1-3H3,(H,23,24)/t16-,21-/m0/s1. The number of nitriles is 1. The summed E-state index contributed by atoms with van der Waals surface area (Å²) in [5, 5.41) is 28.1. The number of allylic oxidation sites excluding steroid dienone is 2. The van der Waals surface area contributed by atoms with Crippen LogP contribution in [0, 0.1) is 22.7 Å². The topological polar surface area (TPSA) is 72.7 Å². The minimum absolute atomic E-state index is 0.214. The van der Waals surface area contributed by atoms with Crippen LogP contribution in [0.15, 0.2) is 41.7 Å². The molecule has 0 saturated heterocycles. The lowest BCUT2D eigenvalue weighted by molar-refractivity contribution is 0.0635. The van der Waals surface area contributed by atoms with E-state index in [0.29, 0.717) is 12.0 Å². The molecule has 2 aliphatic rings. The predicted octanol–water partition coefficient (Wildman–Crippen LogP) is 4.66. The van der Waals surface area contributed by atoms with Crippen LogP contribution in [0.2, 0.25) is 0 Å². The molecule has 4 heteroatoms. The molecule has 1 aromatic heterocycles. The van der Waals surface area contributed by atoms with Crippen molar-refractivity contribution in [1.82, 2.24) is 10.2 Å². The Morgan fingerprint density at radius 2 is 1.96 bits per heavy atom. The maximum Gasteiger partial charge on any atom is 0.112 e. The molecule has 0 bridgehead atoms. The van der Waals surface area contributed by atoms with E-state index in [9.17, 15) is 10.4 Å². The van der Waals surface area contributed by atoms with Gasteiger partial charge >= 0.3 is 0 Å². The normalized spacial score (nSPS) is 27.4. The summed E-state index contributed by atoms with van der Waals surface area (Å²) in [5.74, 6) is 0.539. The molecule has 1 aromatic carbocycles. The molecule has 2 N–H and O–H groups in total. The van der Waals surface area contributed by atoms with E-state index in [0.717, 1.165) is 29.8 Å². The predicted molar refractivity (Wildman–Crippen MR) is 96.9 cm³/mol. The van der Waals surface area contributed by atoms with Crippen molar-refractivity contribution in [2.75, 3.05) is 0 Å². The molecular weight excluding hydrogens is 310 g/mol. The number of nitrogens with zero attached hydrogens (tertiary/aromatic N) is 2. The maximum atomic E-state index is 10.6. The zero-order valence-corrected chi connectivity index (χ0v) is 14.9. The molecule has 0 saturated carbocycles. The van der Waals surface area contributed by atoms with Crippen LogP contribution in [-0.4, -0.2) is 15.3 Å². The summed E-state index contributed by atoms with van der Waals surface area (Å²) in [6, 6.07) is 12.5. The summed E-state index contributed by atoms with van der Waals surface area (Å²) in [5.41, 5.74) is 4.42. The number of benzene rings is 1. The van der Waals surface area contributed by atoms with Crippen LogP contribution in [0.5, 0.6) is 0 Å². The number of nitrogens with one attached hydrogen (secondary N) is 1. The summed E-state index contributed by atoms with van der Waals surface area (Å²) in [6.07, 6.45) is 2.49. The number of hydrogen-bond acceptors (Lipinski definition) is 3. The average molecular weight is 333 g/mol. The van der Waals surface area contributed by atoms with Crippen LogP contribution in [0.25, 0.3) is 11.3 Å². The second kappa shape index (κ2) is 5.23. The lowest BCUT2D eigenvalue weighted by Crippen LogP contribution is -2.49. The Kier molecular flexibility index (Phi) is 3.34. The van der Waals surface area contributed by atoms with E-state index in [1.54, 1.807) is 0 Å². The van der Waals surface area contributed by atoms with Gasteiger partial charge in [-0.05, 0) is 25.2 Å². The molecule has 0 radical (unpaired) electrons. The Balaban J connectivity index is 1.88. The quantitative estimate of drug-likeness (QED) is 0.797. The van der Waals surface area contributed by atoms with E-state index in [-0.39, 0.29) is 17.1 Å². The van der Waals surface area contributed by atoms with Gasteiger partial charge in [-0.1, -0.05) is 51.1 Å². The number of aliphatic hydroxyl groups is 1. The molecule has 4 nitrogen and oxygen atoms in total. The van der Waals surface area contributed by atoms with Crippen molar-refractivity contribution in [2.45, 2.75) is 45.4 Å². The van der Waals surface area contributed by atoms with Gasteiger partial charge in [0.25, 0.3) is 0 Å². The number of aliphatic hydroxyl groups excluding tert-OH is 1. The van der Waals surface area contributed by atoms with Crippen molar-refractivity contribution in [3.63, 3.8) is 0 Å². The Morgan fingerprint density at radius 1 is 1.24 bits per heavy atom. The monoisotopic (exact) mass is 333 g/mol. The fourth-order valence-electron chi connectivity index (χ4n) is 5.16. The number of aromatic nitrogens is 2. The third-order valence-electron chi connectivity index (χ3n) is 6.38. The second-order valence-electron chi connectivity index (χ2n) is 8.14. The Labute approximate surface area is 148 Å². The lowest BCUT2D eigenvalue weighted by Gasteiger charge is -2.52. The van der Waals surface area contributed by atoms with Gasteiger partial charge in [0, 0.05) is 27.7 Å². The summed E-state index contributed by atoms with van der Waals surface area (Å²) in [4.78, 5) is 0. The summed E-state index contributed by atoms with van der Waals surface area (Å²) < 4.78 is 0. The first kappa shape index (κ1) is 16.0. The average Bonchev–Trinajstić information content (AvgIpc) is 3.04. The Hall–Kier alpha value is -2.54. The van der Waals surface area contributed by atoms with E-state index in [1.807, 2.05) is 18.2 Å². The first-order valence-corrected chi connectivity index (χ1v) is 8.85. The van der Waals surface area contributed by atoms with Gasteiger partial charge in [-0.25, -0.2) is 0 Å². The highest BCUT2D eigenvalue weighted by molar-refractivity contribution is 5.65. The summed E-state index contributed by atoms with van der Waals surface area (Å²) in [7, 11) is 0. The van der Waals surface area contributed by atoms with Crippen molar-refractivity contribution in [3.05, 3.63) is 52.9 Å². The molecule has 0 spiro atoms. The number of rotatable bonds is 1. The molecular formula is C21H23N3O. The molecule has 4 rings (SSSR count). The van der Waals surface area contributed by atoms with E-state index in [1.165, 1.54) is 5.56 Å². The highest BCUT2D eigenvalue weighted by Gasteiger charge is 2.54. The van der Waals surface area contributed by atoms with Crippen molar-refractivity contribution in [3.8, 4) is 17.3 Å². The van der Waals surface area contributed by atoms with E-state index in [2.05, 4.69) is 49.2 Å².